The lowest BCUT2D eigenvalue weighted by molar-refractivity contribution is -0.135. The van der Waals surface area contributed by atoms with E-state index in [2.05, 4.69) is 15.5 Å². The molecule has 1 fully saturated rings. The Bertz CT molecular complexity index is 1170. The van der Waals surface area contributed by atoms with Crippen molar-refractivity contribution in [3.05, 3.63) is 82.6 Å². The molecule has 1 aliphatic heterocycles. The highest BCUT2D eigenvalue weighted by Crippen LogP contribution is 2.38. The summed E-state index contributed by atoms with van der Waals surface area (Å²) in [6.07, 6.45) is -0.514. The maximum absolute atomic E-state index is 13.1. The molecule has 1 saturated heterocycles. The van der Waals surface area contributed by atoms with E-state index in [9.17, 15) is 14.4 Å². The summed E-state index contributed by atoms with van der Waals surface area (Å²) in [6.45, 7) is 4.47. The molecule has 2 heterocycles. The Morgan fingerprint density at radius 3 is 2.59 bits per heavy atom. The molecule has 2 N–H and O–H groups in total. The Morgan fingerprint density at radius 1 is 1.12 bits per heavy atom. The Balaban J connectivity index is 1.44. The maximum atomic E-state index is 13.1. The zero-order valence-electron chi connectivity index (χ0n) is 17.9. The van der Waals surface area contributed by atoms with Crippen LogP contribution in [0, 0.1) is 5.41 Å². The second-order valence-corrected chi connectivity index (χ2v) is 8.44. The Labute approximate surface area is 185 Å². The van der Waals surface area contributed by atoms with Crippen LogP contribution < -0.4 is 10.9 Å². The number of hydrogen-bond donors (Lipinski definition) is 2. The van der Waals surface area contributed by atoms with Crippen molar-refractivity contribution in [2.24, 2.45) is 5.41 Å². The SMILES string of the molecule is CC1(C)CN(C(=O)OCc2ccccc2)C1C(=O)Nc1cccc(-c2ccc(=O)[nH]n2)c1. The van der Waals surface area contributed by atoms with Crippen LogP contribution >= 0.6 is 0 Å². The molecule has 1 aliphatic rings. The largest absolute Gasteiger partial charge is 0.445 e. The Morgan fingerprint density at radius 2 is 1.91 bits per heavy atom. The van der Waals surface area contributed by atoms with E-state index in [0.29, 0.717) is 17.9 Å². The van der Waals surface area contributed by atoms with Crippen molar-refractivity contribution < 1.29 is 14.3 Å². The van der Waals surface area contributed by atoms with Crippen LogP contribution in [0.1, 0.15) is 19.4 Å². The number of hydrogen-bond acceptors (Lipinski definition) is 5. The summed E-state index contributed by atoms with van der Waals surface area (Å²) in [6, 6.07) is 18.9. The molecule has 0 spiro atoms. The van der Waals surface area contributed by atoms with Crippen LogP contribution in [0.4, 0.5) is 10.5 Å². The topological polar surface area (TPSA) is 104 Å². The van der Waals surface area contributed by atoms with Crippen molar-refractivity contribution in [2.45, 2.75) is 26.5 Å². The van der Waals surface area contributed by atoms with Gasteiger partial charge in [0.1, 0.15) is 12.6 Å². The van der Waals surface area contributed by atoms with Crippen molar-refractivity contribution in [3.8, 4) is 11.3 Å². The van der Waals surface area contributed by atoms with Crippen molar-refractivity contribution in [3.63, 3.8) is 0 Å². The van der Waals surface area contributed by atoms with Crippen LogP contribution in [0.2, 0.25) is 0 Å². The number of rotatable bonds is 5. The van der Waals surface area contributed by atoms with Gasteiger partial charge in [-0.05, 0) is 23.8 Å². The molecule has 3 aromatic rings. The minimum Gasteiger partial charge on any atom is -0.445 e. The Hall–Kier alpha value is -3.94. The minimum atomic E-state index is -0.652. The van der Waals surface area contributed by atoms with Crippen LogP contribution in [0.3, 0.4) is 0 Å². The quantitative estimate of drug-likeness (QED) is 0.643. The highest BCUT2D eigenvalue weighted by Gasteiger charge is 2.53. The van der Waals surface area contributed by atoms with E-state index in [-0.39, 0.29) is 23.5 Å². The third-order valence-electron chi connectivity index (χ3n) is 5.42. The lowest BCUT2D eigenvalue weighted by atomic mass is 9.74. The highest BCUT2D eigenvalue weighted by atomic mass is 16.6. The van der Waals surface area contributed by atoms with E-state index < -0.39 is 12.1 Å². The van der Waals surface area contributed by atoms with Crippen molar-refractivity contribution in [1.29, 1.82) is 0 Å². The standard InChI is InChI=1S/C24H24N4O4/c1-24(2)15-28(23(31)32-14-16-7-4-3-5-8-16)21(24)22(30)25-18-10-6-9-17(13-18)19-11-12-20(29)27-26-19/h3-13,21H,14-15H2,1-2H3,(H,25,30)(H,27,29). The van der Waals surface area contributed by atoms with E-state index in [1.807, 2.05) is 50.2 Å². The van der Waals surface area contributed by atoms with Crippen molar-refractivity contribution >= 4 is 17.7 Å². The van der Waals surface area contributed by atoms with Gasteiger partial charge < -0.3 is 10.1 Å². The number of nitrogens with zero attached hydrogens (tertiary/aromatic N) is 2. The molecular formula is C24H24N4O4. The van der Waals surface area contributed by atoms with Crippen LogP contribution in [-0.4, -0.2) is 39.7 Å². The monoisotopic (exact) mass is 432 g/mol. The molecule has 2 amide bonds. The fourth-order valence-electron chi connectivity index (χ4n) is 3.87. The average molecular weight is 432 g/mol. The van der Waals surface area contributed by atoms with Gasteiger partial charge in [0.2, 0.25) is 5.91 Å². The minimum absolute atomic E-state index is 0.152. The number of nitrogens with one attached hydrogen (secondary N) is 2. The number of carbonyl (C=O) groups excluding carboxylic acids is 2. The summed E-state index contributed by atoms with van der Waals surface area (Å²) >= 11 is 0. The lowest BCUT2D eigenvalue weighted by Gasteiger charge is -2.51. The van der Waals surface area contributed by atoms with Gasteiger partial charge in [-0.3, -0.25) is 14.5 Å². The number of benzene rings is 2. The first-order valence-electron chi connectivity index (χ1n) is 10.3. The summed E-state index contributed by atoms with van der Waals surface area (Å²) in [5, 5.41) is 9.30. The lowest BCUT2D eigenvalue weighted by Crippen LogP contribution is -2.68. The molecule has 1 aromatic heterocycles. The van der Waals surface area contributed by atoms with Crippen LogP contribution in [-0.2, 0) is 16.1 Å². The molecule has 1 unspecified atom stereocenters. The molecule has 0 aliphatic carbocycles. The second-order valence-electron chi connectivity index (χ2n) is 8.44. The first kappa shape index (κ1) is 21.3. The van der Waals surface area contributed by atoms with Crippen molar-refractivity contribution in [1.82, 2.24) is 15.1 Å². The normalized spacial score (nSPS) is 16.7. The number of ether oxygens (including phenoxy) is 1. The van der Waals surface area contributed by atoms with Gasteiger partial charge in [-0.1, -0.05) is 56.3 Å². The number of amides is 2. The number of aromatic nitrogens is 2. The molecule has 0 saturated carbocycles. The van der Waals surface area contributed by atoms with Crippen LogP contribution in [0.25, 0.3) is 11.3 Å². The van der Waals surface area contributed by atoms with Crippen LogP contribution in [0.5, 0.6) is 0 Å². The first-order chi connectivity index (χ1) is 15.3. The smallest absolute Gasteiger partial charge is 0.410 e. The van der Waals surface area contributed by atoms with Gasteiger partial charge >= 0.3 is 6.09 Å². The molecule has 2 aromatic carbocycles. The van der Waals surface area contributed by atoms with E-state index in [4.69, 9.17) is 4.74 Å². The third-order valence-corrected chi connectivity index (χ3v) is 5.42. The summed E-state index contributed by atoms with van der Waals surface area (Å²) in [5.41, 5.74) is 2.11. The molecule has 32 heavy (non-hydrogen) atoms. The van der Waals surface area contributed by atoms with E-state index in [1.54, 1.807) is 24.3 Å². The third kappa shape index (κ3) is 4.54. The number of H-pyrrole nitrogens is 1. The number of anilines is 1. The fraction of sp³-hybridized carbons (Fsp3) is 0.250. The van der Waals surface area contributed by atoms with Gasteiger partial charge in [0.25, 0.3) is 5.56 Å². The average Bonchev–Trinajstić information content (AvgIpc) is 2.77. The first-order valence-corrected chi connectivity index (χ1v) is 10.3. The summed E-state index contributed by atoms with van der Waals surface area (Å²) in [4.78, 5) is 38.4. The van der Waals surface area contributed by atoms with Crippen molar-refractivity contribution in [2.75, 3.05) is 11.9 Å². The van der Waals surface area contributed by atoms with Gasteiger partial charge in [0.05, 0.1) is 5.69 Å². The summed E-state index contributed by atoms with van der Waals surface area (Å²) in [7, 11) is 0. The maximum Gasteiger partial charge on any atom is 0.410 e. The molecule has 164 valence electrons. The number of likely N-dealkylation sites (tertiary alicyclic amines) is 1. The molecule has 4 rings (SSSR count). The van der Waals surface area contributed by atoms with Gasteiger partial charge in [-0.25, -0.2) is 9.89 Å². The molecular weight excluding hydrogens is 408 g/mol. The predicted octanol–water partition coefficient (Wildman–Crippen LogP) is 3.42. The van der Waals surface area contributed by atoms with Gasteiger partial charge in [0.15, 0.2) is 0 Å². The number of aromatic amines is 1. The number of carbonyl (C=O) groups is 2. The summed E-state index contributed by atoms with van der Waals surface area (Å²) < 4.78 is 5.41. The fourth-order valence-corrected chi connectivity index (χ4v) is 3.87. The molecule has 1 atom stereocenters. The van der Waals surface area contributed by atoms with Crippen LogP contribution in [0.15, 0.2) is 71.5 Å². The van der Waals surface area contributed by atoms with Gasteiger partial charge in [-0.15, -0.1) is 0 Å². The van der Waals surface area contributed by atoms with E-state index >= 15 is 0 Å². The Kier molecular flexibility index (Phi) is 5.77. The van der Waals surface area contributed by atoms with Gasteiger partial charge in [0, 0.05) is 29.3 Å². The molecule has 8 heteroatoms. The highest BCUT2D eigenvalue weighted by molar-refractivity contribution is 5.98. The molecule has 0 bridgehead atoms. The molecule has 0 radical (unpaired) electrons. The zero-order valence-corrected chi connectivity index (χ0v) is 17.9. The predicted molar refractivity (Wildman–Crippen MR) is 120 cm³/mol. The van der Waals surface area contributed by atoms with E-state index in [0.717, 1.165) is 11.1 Å². The summed E-state index contributed by atoms with van der Waals surface area (Å²) in [5.74, 6) is -0.288. The second kappa shape index (κ2) is 8.66. The van der Waals surface area contributed by atoms with E-state index in [1.165, 1.54) is 11.0 Å². The molecule has 8 nitrogen and oxygen atoms in total. The zero-order chi connectivity index (χ0) is 22.7. The van der Waals surface area contributed by atoms with Gasteiger partial charge in [-0.2, -0.15) is 5.10 Å².